The van der Waals surface area contributed by atoms with Crippen molar-refractivity contribution < 1.29 is 9.13 Å². The normalized spacial score (nSPS) is 13.5. The fourth-order valence-electron chi connectivity index (χ4n) is 2.55. The summed E-state index contributed by atoms with van der Waals surface area (Å²) in [5, 5.41) is 7.43. The Balaban J connectivity index is 0.00000208. The maximum atomic E-state index is 14.0. The molecule has 0 atom stereocenters. The first-order chi connectivity index (χ1) is 11.1. The molecule has 0 saturated heterocycles. The van der Waals surface area contributed by atoms with Gasteiger partial charge in [-0.05, 0) is 50.1 Å². The number of hydrogen-bond donors (Lipinski definition) is 1. The van der Waals surface area contributed by atoms with Gasteiger partial charge in [-0.2, -0.15) is 5.10 Å². The molecular formula is C17H21ClFN3O2. The van der Waals surface area contributed by atoms with Gasteiger partial charge in [0.15, 0.2) is 11.6 Å². The highest BCUT2D eigenvalue weighted by Gasteiger charge is 2.23. The SMILES string of the molecule is CNCc1cc(-c2ccc(OC)c(F)c2)nn(CC2CC2)c1=O.Cl. The van der Waals surface area contributed by atoms with Crippen molar-refractivity contribution in [2.24, 2.45) is 5.92 Å². The lowest BCUT2D eigenvalue weighted by molar-refractivity contribution is 0.386. The van der Waals surface area contributed by atoms with Gasteiger partial charge in [0.05, 0.1) is 12.8 Å². The van der Waals surface area contributed by atoms with Gasteiger partial charge >= 0.3 is 0 Å². The van der Waals surface area contributed by atoms with E-state index in [0.29, 0.717) is 35.8 Å². The van der Waals surface area contributed by atoms with Crippen LogP contribution in [0.2, 0.25) is 0 Å². The Morgan fingerprint density at radius 2 is 2.12 bits per heavy atom. The van der Waals surface area contributed by atoms with E-state index in [1.807, 2.05) is 0 Å². The number of halogens is 2. The Morgan fingerprint density at radius 3 is 2.71 bits per heavy atom. The standard InChI is InChI=1S/C17H20FN3O2.ClH/c1-19-9-13-8-15(12-5-6-16(23-2)14(18)7-12)20-21(17(13)22)10-11-3-4-11;/h5-8,11,19H,3-4,9-10H2,1-2H3;1H. The largest absolute Gasteiger partial charge is 0.494 e. The molecule has 0 amide bonds. The van der Waals surface area contributed by atoms with Crippen molar-refractivity contribution in [3.8, 4) is 17.0 Å². The molecule has 1 aliphatic rings. The van der Waals surface area contributed by atoms with Gasteiger partial charge in [-0.3, -0.25) is 4.79 Å². The molecule has 5 nitrogen and oxygen atoms in total. The van der Waals surface area contributed by atoms with Gasteiger partial charge in [-0.15, -0.1) is 12.4 Å². The number of methoxy groups -OCH3 is 1. The third-order valence-electron chi connectivity index (χ3n) is 3.99. The van der Waals surface area contributed by atoms with Gasteiger partial charge in [0.2, 0.25) is 0 Å². The van der Waals surface area contributed by atoms with Gasteiger partial charge in [-0.1, -0.05) is 0 Å². The van der Waals surface area contributed by atoms with Crippen molar-refractivity contribution in [2.75, 3.05) is 14.2 Å². The molecule has 0 radical (unpaired) electrons. The van der Waals surface area contributed by atoms with E-state index < -0.39 is 5.82 Å². The second-order valence-corrected chi connectivity index (χ2v) is 5.87. The second kappa shape index (κ2) is 7.77. The number of aromatic nitrogens is 2. The van der Waals surface area contributed by atoms with Crippen molar-refractivity contribution in [2.45, 2.75) is 25.9 Å². The van der Waals surface area contributed by atoms with E-state index >= 15 is 0 Å². The summed E-state index contributed by atoms with van der Waals surface area (Å²) in [5.41, 5.74) is 1.78. The molecule has 1 heterocycles. The highest BCUT2D eigenvalue weighted by molar-refractivity contribution is 5.85. The van der Waals surface area contributed by atoms with E-state index in [2.05, 4.69) is 10.4 Å². The molecule has 1 aromatic carbocycles. The van der Waals surface area contributed by atoms with Crippen LogP contribution >= 0.6 is 12.4 Å². The Labute approximate surface area is 146 Å². The molecule has 24 heavy (non-hydrogen) atoms. The van der Waals surface area contributed by atoms with Crippen LogP contribution in [0.4, 0.5) is 4.39 Å². The number of hydrogen-bond acceptors (Lipinski definition) is 4. The van der Waals surface area contributed by atoms with Gasteiger partial charge in [0.25, 0.3) is 5.56 Å². The molecule has 0 spiro atoms. The number of rotatable bonds is 6. The first-order valence-electron chi connectivity index (χ1n) is 7.72. The molecule has 7 heteroatoms. The Bertz CT molecular complexity index is 775. The highest BCUT2D eigenvalue weighted by Crippen LogP contribution is 2.30. The maximum absolute atomic E-state index is 14.0. The molecule has 1 N–H and O–H groups in total. The smallest absolute Gasteiger partial charge is 0.271 e. The van der Waals surface area contributed by atoms with E-state index in [4.69, 9.17) is 4.74 Å². The van der Waals surface area contributed by atoms with E-state index in [-0.39, 0.29) is 23.7 Å². The van der Waals surface area contributed by atoms with Crippen LogP contribution in [0.25, 0.3) is 11.3 Å². The highest BCUT2D eigenvalue weighted by atomic mass is 35.5. The zero-order valence-electron chi connectivity index (χ0n) is 13.7. The fourth-order valence-corrected chi connectivity index (χ4v) is 2.55. The third-order valence-corrected chi connectivity index (χ3v) is 3.99. The summed E-state index contributed by atoms with van der Waals surface area (Å²) in [6.07, 6.45) is 2.27. The molecule has 1 aliphatic carbocycles. The summed E-state index contributed by atoms with van der Waals surface area (Å²) < 4.78 is 20.4. The summed E-state index contributed by atoms with van der Waals surface area (Å²) >= 11 is 0. The minimum Gasteiger partial charge on any atom is -0.494 e. The zero-order chi connectivity index (χ0) is 16.4. The average molecular weight is 354 g/mol. The number of nitrogens with one attached hydrogen (secondary N) is 1. The Morgan fingerprint density at radius 1 is 1.38 bits per heavy atom. The molecule has 130 valence electrons. The van der Waals surface area contributed by atoms with Crippen molar-refractivity contribution in [3.05, 3.63) is 46.0 Å². The fraction of sp³-hybridized carbons (Fsp3) is 0.412. The average Bonchev–Trinajstić information content (AvgIpc) is 3.35. The van der Waals surface area contributed by atoms with Gasteiger partial charge in [-0.25, -0.2) is 9.07 Å². The predicted molar refractivity (Wildman–Crippen MR) is 93.2 cm³/mol. The second-order valence-electron chi connectivity index (χ2n) is 5.87. The summed E-state index contributed by atoms with van der Waals surface area (Å²) in [4.78, 5) is 12.4. The van der Waals surface area contributed by atoms with E-state index in [1.165, 1.54) is 17.9 Å². The number of nitrogens with zero attached hydrogens (tertiary/aromatic N) is 2. The molecule has 3 rings (SSSR count). The minimum atomic E-state index is -0.443. The van der Waals surface area contributed by atoms with Crippen LogP contribution in [-0.2, 0) is 13.1 Å². The lowest BCUT2D eigenvalue weighted by atomic mass is 10.1. The zero-order valence-corrected chi connectivity index (χ0v) is 14.5. The maximum Gasteiger partial charge on any atom is 0.271 e. The minimum absolute atomic E-state index is 0. The van der Waals surface area contributed by atoms with Crippen molar-refractivity contribution in [1.29, 1.82) is 0 Å². The molecule has 1 fully saturated rings. The lowest BCUT2D eigenvalue weighted by Gasteiger charge is -2.11. The van der Waals surface area contributed by atoms with E-state index in [0.717, 1.165) is 12.8 Å². The summed E-state index contributed by atoms with van der Waals surface area (Å²) in [7, 11) is 3.22. The molecule has 0 aliphatic heterocycles. The van der Waals surface area contributed by atoms with Crippen LogP contribution in [-0.4, -0.2) is 23.9 Å². The first-order valence-corrected chi connectivity index (χ1v) is 7.72. The van der Waals surface area contributed by atoms with Crippen molar-refractivity contribution in [3.63, 3.8) is 0 Å². The molecule has 1 aromatic heterocycles. The quantitative estimate of drug-likeness (QED) is 0.867. The van der Waals surface area contributed by atoms with E-state index in [1.54, 1.807) is 25.2 Å². The Kier molecular flexibility index (Phi) is 5.96. The third kappa shape index (κ3) is 3.94. The monoisotopic (exact) mass is 353 g/mol. The van der Waals surface area contributed by atoms with Gasteiger partial charge in [0.1, 0.15) is 0 Å². The Hall–Kier alpha value is -1.92. The molecular weight excluding hydrogens is 333 g/mol. The molecule has 0 bridgehead atoms. The lowest BCUT2D eigenvalue weighted by Crippen LogP contribution is -2.29. The van der Waals surface area contributed by atoms with Gasteiger partial charge < -0.3 is 10.1 Å². The summed E-state index contributed by atoms with van der Waals surface area (Å²) in [6, 6.07) is 6.43. The summed E-state index contributed by atoms with van der Waals surface area (Å²) in [6.45, 7) is 1.08. The van der Waals surface area contributed by atoms with Crippen LogP contribution in [0.3, 0.4) is 0 Å². The topological polar surface area (TPSA) is 56.1 Å². The van der Waals surface area contributed by atoms with Crippen LogP contribution in [0.1, 0.15) is 18.4 Å². The predicted octanol–water partition coefficient (Wildman–Crippen LogP) is 2.61. The van der Waals surface area contributed by atoms with Gasteiger partial charge in [0, 0.05) is 24.2 Å². The van der Waals surface area contributed by atoms with Crippen molar-refractivity contribution >= 4 is 12.4 Å². The number of benzene rings is 1. The van der Waals surface area contributed by atoms with E-state index in [9.17, 15) is 9.18 Å². The molecule has 1 saturated carbocycles. The number of ether oxygens (including phenoxy) is 1. The molecule has 2 aromatic rings. The van der Waals surface area contributed by atoms with Crippen LogP contribution in [0.15, 0.2) is 29.1 Å². The van der Waals surface area contributed by atoms with Crippen LogP contribution in [0, 0.1) is 11.7 Å². The van der Waals surface area contributed by atoms with Crippen LogP contribution < -0.4 is 15.6 Å². The van der Waals surface area contributed by atoms with Crippen molar-refractivity contribution in [1.82, 2.24) is 15.1 Å². The van der Waals surface area contributed by atoms with Crippen LogP contribution in [0.5, 0.6) is 5.75 Å². The summed E-state index contributed by atoms with van der Waals surface area (Å²) in [5.74, 6) is 0.280. The molecule has 0 unspecified atom stereocenters. The first kappa shape index (κ1) is 18.4.